The molecule has 0 unspecified atom stereocenters. The van der Waals surface area contributed by atoms with Crippen LogP contribution in [0.5, 0.6) is 5.75 Å². The van der Waals surface area contributed by atoms with Crippen LogP contribution < -0.4 is 4.74 Å². The van der Waals surface area contributed by atoms with Gasteiger partial charge in [0, 0.05) is 5.56 Å². The summed E-state index contributed by atoms with van der Waals surface area (Å²) in [6.45, 7) is 6.08. The van der Waals surface area contributed by atoms with Crippen molar-refractivity contribution in [2.75, 3.05) is 7.11 Å². The minimum atomic E-state index is 0. The zero-order valence-electron chi connectivity index (χ0n) is 15.2. The molecule has 0 spiro atoms. The van der Waals surface area contributed by atoms with E-state index in [1.807, 2.05) is 50.2 Å². The van der Waals surface area contributed by atoms with E-state index in [2.05, 4.69) is 55.5 Å². The summed E-state index contributed by atoms with van der Waals surface area (Å²) in [7, 11) is 1.70. The van der Waals surface area contributed by atoms with Crippen molar-refractivity contribution >= 4 is 5.57 Å². The Morgan fingerprint density at radius 1 is 0.840 bits per heavy atom. The quantitative estimate of drug-likeness (QED) is 0.561. The summed E-state index contributed by atoms with van der Waals surface area (Å²) in [5, 5.41) is 0. The van der Waals surface area contributed by atoms with Crippen LogP contribution in [0.15, 0.2) is 85.0 Å². The van der Waals surface area contributed by atoms with Crippen molar-refractivity contribution in [1.82, 2.24) is 0 Å². The molecule has 0 aliphatic heterocycles. The Kier molecular flexibility index (Phi) is 12.5. The molecule has 0 bridgehead atoms. The van der Waals surface area contributed by atoms with Crippen LogP contribution in [0.3, 0.4) is 0 Å². The molecule has 3 rings (SSSR count). The van der Waals surface area contributed by atoms with Crippen molar-refractivity contribution in [3.05, 3.63) is 96.1 Å². The van der Waals surface area contributed by atoms with Gasteiger partial charge in [-0.25, -0.2) is 0 Å². The molecule has 2 aromatic rings. The number of allylic oxidation sites excluding steroid dienone is 6. The molecule has 0 N–H and O–H groups in total. The SMILES string of the molecule is C.CC.COc1ccccc1C1=CC=CCC=C1.Cc1ccccc1. The first-order valence-corrected chi connectivity index (χ1v) is 8.49. The topological polar surface area (TPSA) is 9.23 Å². The summed E-state index contributed by atoms with van der Waals surface area (Å²) >= 11 is 0. The van der Waals surface area contributed by atoms with Crippen molar-refractivity contribution in [2.45, 2.75) is 34.6 Å². The molecular formula is C24H32O. The van der Waals surface area contributed by atoms with E-state index in [9.17, 15) is 0 Å². The Labute approximate surface area is 154 Å². The predicted octanol–water partition coefficient (Wildman–Crippen LogP) is 7.25. The van der Waals surface area contributed by atoms with Gasteiger partial charge in [0.1, 0.15) is 5.75 Å². The smallest absolute Gasteiger partial charge is 0.126 e. The minimum absolute atomic E-state index is 0. The maximum absolute atomic E-state index is 5.34. The molecule has 1 heteroatoms. The molecule has 0 saturated carbocycles. The minimum Gasteiger partial charge on any atom is -0.496 e. The van der Waals surface area contributed by atoms with Crippen LogP contribution in [0.2, 0.25) is 0 Å². The number of aryl methyl sites for hydroxylation is 1. The highest BCUT2D eigenvalue weighted by atomic mass is 16.5. The fourth-order valence-electron chi connectivity index (χ4n) is 2.18. The van der Waals surface area contributed by atoms with Crippen LogP contribution in [0.25, 0.3) is 5.57 Å². The zero-order valence-corrected chi connectivity index (χ0v) is 15.2. The van der Waals surface area contributed by atoms with Crippen LogP contribution in [0.1, 0.15) is 38.8 Å². The summed E-state index contributed by atoms with van der Waals surface area (Å²) in [5.41, 5.74) is 3.66. The van der Waals surface area contributed by atoms with Gasteiger partial charge < -0.3 is 4.74 Å². The third kappa shape index (κ3) is 8.21. The van der Waals surface area contributed by atoms with Gasteiger partial charge in [-0.05, 0) is 25.0 Å². The Hall–Kier alpha value is -2.54. The highest BCUT2D eigenvalue weighted by Gasteiger charge is 2.04. The van der Waals surface area contributed by atoms with Crippen molar-refractivity contribution in [3.8, 4) is 5.75 Å². The molecule has 1 aliphatic rings. The first-order valence-electron chi connectivity index (χ1n) is 8.49. The largest absolute Gasteiger partial charge is 0.496 e. The number of hydrogen-bond donors (Lipinski definition) is 0. The molecule has 1 aliphatic carbocycles. The van der Waals surface area contributed by atoms with Crippen molar-refractivity contribution in [3.63, 3.8) is 0 Å². The summed E-state index contributed by atoms with van der Waals surface area (Å²) < 4.78 is 5.34. The van der Waals surface area contributed by atoms with Crippen molar-refractivity contribution < 1.29 is 4.74 Å². The molecule has 0 heterocycles. The lowest BCUT2D eigenvalue weighted by molar-refractivity contribution is 0.413. The maximum atomic E-state index is 5.34. The number of benzene rings is 2. The van der Waals surface area contributed by atoms with Crippen LogP contribution in [-0.2, 0) is 0 Å². The number of methoxy groups -OCH3 is 1. The van der Waals surface area contributed by atoms with E-state index in [-0.39, 0.29) is 7.43 Å². The molecule has 0 radical (unpaired) electrons. The number of para-hydroxylation sites is 1. The van der Waals surface area contributed by atoms with E-state index < -0.39 is 0 Å². The Morgan fingerprint density at radius 3 is 2.08 bits per heavy atom. The standard InChI is InChI=1S/C14H14O.C7H8.C2H6.CH4/c1-15-14-11-7-6-10-13(14)12-8-4-2-3-5-9-12;1-7-5-3-2-4-6-7;1-2;/h2,4-11H,3H2,1H3;2-6H,1H3;1-2H3;1H4. The molecule has 0 fully saturated rings. The van der Waals surface area contributed by atoms with Gasteiger partial charge in [0.05, 0.1) is 7.11 Å². The van der Waals surface area contributed by atoms with E-state index in [4.69, 9.17) is 4.74 Å². The second-order valence-electron chi connectivity index (χ2n) is 5.04. The number of ether oxygens (including phenoxy) is 1. The molecule has 0 amide bonds. The Bertz CT molecular complexity index is 664. The first-order chi connectivity index (χ1) is 11.8. The molecule has 1 nitrogen and oxygen atoms in total. The second kappa shape index (κ2) is 13.9. The summed E-state index contributed by atoms with van der Waals surface area (Å²) in [5.74, 6) is 0.920. The average Bonchev–Trinajstić information content (AvgIpc) is 2.94. The first kappa shape index (κ1) is 22.5. The third-order valence-corrected chi connectivity index (χ3v) is 3.34. The van der Waals surface area contributed by atoms with E-state index in [0.29, 0.717) is 0 Å². The highest BCUT2D eigenvalue weighted by molar-refractivity contribution is 5.79. The summed E-state index contributed by atoms with van der Waals surface area (Å²) in [6, 6.07) is 18.3. The highest BCUT2D eigenvalue weighted by Crippen LogP contribution is 2.27. The van der Waals surface area contributed by atoms with Crippen LogP contribution in [0, 0.1) is 6.92 Å². The Balaban J connectivity index is 0.000000488. The summed E-state index contributed by atoms with van der Waals surface area (Å²) in [4.78, 5) is 0. The van der Waals surface area contributed by atoms with Crippen molar-refractivity contribution in [1.29, 1.82) is 0 Å². The molecule has 0 saturated heterocycles. The number of hydrogen-bond acceptors (Lipinski definition) is 1. The lowest BCUT2D eigenvalue weighted by Gasteiger charge is -2.08. The van der Waals surface area contributed by atoms with Gasteiger partial charge in [-0.1, -0.05) is 106 Å². The normalized spacial score (nSPS) is 11.4. The molecule has 25 heavy (non-hydrogen) atoms. The molecule has 134 valence electrons. The lowest BCUT2D eigenvalue weighted by atomic mass is 10.0. The molecule has 0 aromatic heterocycles. The van der Waals surface area contributed by atoms with E-state index in [0.717, 1.165) is 17.7 Å². The van der Waals surface area contributed by atoms with Crippen LogP contribution in [-0.4, -0.2) is 7.11 Å². The van der Waals surface area contributed by atoms with Crippen LogP contribution in [0.4, 0.5) is 0 Å². The van der Waals surface area contributed by atoms with Gasteiger partial charge in [-0.2, -0.15) is 0 Å². The number of rotatable bonds is 2. The van der Waals surface area contributed by atoms with Gasteiger partial charge in [-0.3, -0.25) is 0 Å². The maximum Gasteiger partial charge on any atom is 0.126 e. The Morgan fingerprint density at radius 2 is 1.48 bits per heavy atom. The monoisotopic (exact) mass is 336 g/mol. The third-order valence-electron chi connectivity index (χ3n) is 3.34. The summed E-state index contributed by atoms with van der Waals surface area (Å²) in [6.07, 6.45) is 11.6. The van der Waals surface area contributed by atoms with Gasteiger partial charge in [0.25, 0.3) is 0 Å². The predicted molar refractivity (Wildman–Crippen MR) is 113 cm³/mol. The van der Waals surface area contributed by atoms with Gasteiger partial charge in [0.15, 0.2) is 0 Å². The second-order valence-corrected chi connectivity index (χ2v) is 5.04. The zero-order chi connectivity index (χ0) is 17.6. The van der Waals surface area contributed by atoms with E-state index >= 15 is 0 Å². The molecule has 2 aromatic carbocycles. The fraction of sp³-hybridized carbons (Fsp3) is 0.250. The lowest BCUT2D eigenvalue weighted by Crippen LogP contribution is -1.89. The average molecular weight is 337 g/mol. The van der Waals surface area contributed by atoms with Gasteiger partial charge in [0.2, 0.25) is 0 Å². The van der Waals surface area contributed by atoms with Crippen molar-refractivity contribution in [2.24, 2.45) is 0 Å². The molecular weight excluding hydrogens is 304 g/mol. The fourth-order valence-corrected chi connectivity index (χ4v) is 2.18. The van der Waals surface area contributed by atoms with Gasteiger partial charge >= 0.3 is 0 Å². The van der Waals surface area contributed by atoms with E-state index in [1.165, 1.54) is 11.1 Å². The molecule has 0 atom stereocenters. The van der Waals surface area contributed by atoms with Crippen LogP contribution >= 0.6 is 0 Å². The van der Waals surface area contributed by atoms with E-state index in [1.54, 1.807) is 7.11 Å². The van der Waals surface area contributed by atoms with Gasteiger partial charge in [-0.15, -0.1) is 0 Å².